The third-order valence-corrected chi connectivity index (χ3v) is 7.31. The number of carbonyl (C=O) groups is 1. The minimum absolute atomic E-state index is 0.00774. The Bertz CT molecular complexity index is 1230. The molecule has 1 aromatic heterocycles. The highest BCUT2D eigenvalue weighted by Crippen LogP contribution is 2.26. The second-order valence-corrected chi connectivity index (χ2v) is 9.59. The average Bonchev–Trinajstić information content (AvgIpc) is 2.95. The predicted molar refractivity (Wildman–Crippen MR) is 114 cm³/mol. The number of rotatable bonds is 5. The number of hydrogen-bond acceptors (Lipinski definition) is 4. The summed E-state index contributed by atoms with van der Waals surface area (Å²) in [6.07, 6.45) is 1.97. The Labute approximate surface area is 178 Å². The van der Waals surface area contributed by atoms with E-state index in [0.29, 0.717) is 34.6 Å². The van der Waals surface area contributed by atoms with Gasteiger partial charge in [0.15, 0.2) is 0 Å². The average molecular weight is 449 g/mol. The summed E-state index contributed by atoms with van der Waals surface area (Å²) < 4.78 is 28.3. The minimum atomic E-state index is -3.98. The number of halogens is 1. The summed E-state index contributed by atoms with van der Waals surface area (Å²) in [6, 6.07) is 10.2. The van der Waals surface area contributed by atoms with Gasteiger partial charge in [-0.05, 0) is 61.2 Å². The van der Waals surface area contributed by atoms with Gasteiger partial charge in [0.25, 0.3) is 0 Å². The molecule has 2 aromatic carbocycles. The van der Waals surface area contributed by atoms with Crippen LogP contribution in [0, 0.1) is 0 Å². The summed E-state index contributed by atoms with van der Waals surface area (Å²) >= 11 is 5.92. The van der Waals surface area contributed by atoms with Crippen LogP contribution in [0.5, 0.6) is 0 Å². The van der Waals surface area contributed by atoms with E-state index in [2.05, 4.69) is 15.3 Å². The molecule has 1 aliphatic rings. The van der Waals surface area contributed by atoms with Crippen LogP contribution in [0.15, 0.2) is 52.2 Å². The summed E-state index contributed by atoms with van der Waals surface area (Å²) in [5.74, 6) is -0.304. The van der Waals surface area contributed by atoms with Crippen LogP contribution < -0.4 is 11.0 Å². The maximum atomic E-state index is 13.5. The Kier molecular flexibility index (Phi) is 5.68. The highest BCUT2D eigenvalue weighted by Gasteiger charge is 2.36. The van der Waals surface area contributed by atoms with Gasteiger partial charge in [-0.1, -0.05) is 17.7 Å². The normalized spacial score (nSPS) is 17.8. The lowest BCUT2D eigenvalue weighted by Crippen LogP contribution is -2.48. The fraction of sp³-hybridized carbons (Fsp3) is 0.300. The first kappa shape index (κ1) is 20.6. The summed E-state index contributed by atoms with van der Waals surface area (Å²) in [6.45, 7) is 0.521. The Morgan fingerprint density at radius 1 is 1.00 bits per heavy atom. The van der Waals surface area contributed by atoms with Gasteiger partial charge in [-0.15, -0.1) is 0 Å². The van der Waals surface area contributed by atoms with Crippen LogP contribution in [-0.2, 0) is 21.4 Å². The van der Waals surface area contributed by atoms with Crippen molar-refractivity contribution < 1.29 is 13.2 Å². The summed E-state index contributed by atoms with van der Waals surface area (Å²) in [7, 11) is -3.98. The number of nitrogens with zero attached hydrogens (tertiary/aromatic N) is 1. The number of H-pyrrole nitrogens is 2. The molecule has 0 bridgehead atoms. The third-order valence-electron chi connectivity index (χ3n) is 5.19. The van der Waals surface area contributed by atoms with E-state index in [1.807, 2.05) is 0 Å². The van der Waals surface area contributed by atoms with Gasteiger partial charge in [0, 0.05) is 18.1 Å². The zero-order valence-electron chi connectivity index (χ0n) is 16.0. The number of nitrogens with one attached hydrogen (secondary N) is 3. The van der Waals surface area contributed by atoms with Crippen molar-refractivity contribution in [1.82, 2.24) is 19.6 Å². The quantitative estimate of drug-likeness (QED) is 0.555. The third kappa shape index (κ3) is 4.14. The molecular formula is C20H21ClN4O4S. The zero-order chi connectivity index (χ0) is 21.3. The second-order valence-electron chi connectivity index (χ2n) is 7.27. The lowest BCUT2D eigenvalue weighted by Gasteiger charge is -2.29. The number of aromatic nitrogens is 2. The minimum Gasteiger partial charge on any atom is -0.355 e. The largest absolute Gasteiger partial charge is 0.355 e. The lowest BCUT2D eigenvalue weighted by molar-refractivity contribution is -0.124. The fourth-order valence-electron chi connectivity index (χ4n) is 3.66. The molecule has 4 rings (SSSR count). The van der Waals surface area contributed by atoms with Gasteiger partial charge >= 0.3 is 5.69 Å². The van der Waals surface area contributed by atoms with E-state index in [-0.39, 0.29) is 23.0 Å². The van der Waals surface area contributed by atoms with Gasteiger partial charge in [-0.2, -0.15) is 4.31 Å². The van der Waals surface area contributed by atoms with E-state index < -0.39 is 16.1 Å². The molecule has 1 fully saturated rings. The molecule has 0 aliphatic carbocycles. The molecule has 2 heterocycles. The molecule has 10 heteroatoms. The van der Waals surface area contributed by atoms with Gasteiger partial charge in [0.1, 0.15) is 6.04 Å². The molecule has 1 saturated heterocycles. The first-order valence-electron chi connectivity index (χ1n) is 9.61. The molecule has 0 spiro atoms. The maximum absolute atomic E-state index is 13.5. The smallest absolute Gasteiger partial charge is 0.323 e. The summed E-state index contributed by atoms with van der Waals surface area (Å²) in [5.41, 5.74) is 1.53. The molecular weight excluding hydrogens is 428 g/mol. The van der Waals surface area contributed by atoms with Crippen LogP contribution in [0.2, 0.25) is 5.02 Å². The number of benzene rings is 2. The van der Waals surface area contributed by atoms with Gasteiger partial charge < -0.3 is 15.3 Å². The molecule has 1 aliphatic heterocycles. The molecule has 8 nitrogen and oxygen atoms in total. The Balaban J connectivity index is 1.76. The van der Waals surface area contributed by atoms with Crippen LogP contribution in [0.25, 0.3) is 11.0 Å². The Hall–Kier alpha value is -2.62. The van der Waals surface area contributed by atoms with E-state index >= 15 is 0 Å². The van der Waals surface area contributed by atoms with Crippen molar-refractivity contribution in [2.45, 2.75) is 36.7 Å². The van der Waals surface area contributed by atoms with E-state index in [0.717, 1.165) is 12.8 Å². The highest BCUT2D eigenvalue weighted by molar-refractivity contribution is 7.89. The molecule has 0 unspecified atom stereocenters. The van der Waals surface area contributed by atoms with Crippen molar-refractivity contribution in [1.29, 1.82) is 0 Å². The van der Waals surface area contributed by atoms with Crippen LogP contribution in [-0.4, -0.2) is 41.2 Å². The van der Waals surface area contributed by atoms with Gasteiger partial charge in [-0.3, -0.25) is 4.79 Å². The van der Waals surface area contributed by atoms with E-state index in [1.54, 1.807) is 18.2 Å². The Morgan fingerprint density at radius 2 is 1.73 bits per heavy atom. The zero-order valence-corrected chi connectivity index (χ0v) is 17.6. The van der Waals surface area contributed by atoms with Crippen LogP contribution in [0.4, 0.5) is 0 Å². The monoisotopic (exact) mass is 448 g/mol. The van der Waals surface area contributed by atoms with Crippen molar-refractivity contribution in [3.8, 4) is 0 Å². The SMILES string of the molecule is O=C1NCCCC[C@H]1N(Cc1ccc2[nH]c(=O)[nH]c2c1)S(=O)(=O)c1ccc(Cl)cc1. The molecule has 158 valence electrons. The number of fused-ring (bicyclic) bond motifs is 1. The van der Waals surface area contributed by atoms with Crippen LogP contribution >= 0.6 is 11.6 Å². The highest BCUT2D eigenvalue weighted by atomic mass is 35.5. The number of sulfonamides is 1. The van der Waals surface area contributed by atoms with Crippen molar-refractivity contribution in [3.05, 3.63) is 63.5 Å². The number of imidazole rings is 1. The van der Waals surface area contributed by atoms with Crippen molar-refractivity contribution in [3.63, 3.8) is 0 Å². The first-order chi connectivity index (χ1) is 14.3. The van der Waals surface area contributed by atoms with E-state index in [1.165, 1.54) is 28.6 Å². The van der Waals surface area contributed by atoms with Crippen LogP contribution in [0.1, 0.15) is 24.8 Å². The standard InChI is InChI=1S/C20H21ClN4O4S/c21-14-5-7-15(8-6-14)30(28,29)25(18-3-1-2-10-22-19(18)26)12-13-4-9-16-17(11-13)24-20(27)23-16/h4-9,11,18H,1-3,10,12H2,(H,22,26)(H2,23,24,27)/t18-/m1/s1. The number of aromatic amines is 2. The van der Waals surface area contributed by atoms with Crippen molar-refractivity contribution in [2.24, 2.45) is 0 Å². The lowest BCUT2D eigenvalue weighted by atomic mass is 10.1. The van der Waals surface area contributed by atoms with Crippen LogP contribution in [0.3, 0.4) is 0 Å². The van der Waals surface area contributed by atoms with Crippen molar-refractivity contribution in [2.75, 3.05) is 6.54 Å². The van der Waals surface area contributed by atoms with Gasteiger partial charge in [-0.25, -0.2) is 13.2 Å². The number of hydrogen-bond donors (Lipinski definition) is 3. The Morgan fingerprint density at radius 3 is 2.50 bits per heavy atom. The fourth-order valence-corrected chi connectivity index (χ4v) is 5.39. The van der Waals surface area contributed by atoms with Gasteiger partial charge in [0.05, 0.1) is 15.9 Å². The molecule has 0 saturated carbocycles. The van der Waals surface area contributed by atoms with Crippen molar-refractivity contribution >= 4 is 38.6 Å². The second kappa shape index (κ2) is 8.25. The summed E-state index contributed by atoms with van der Waals surface area (Å²) in [4.78, 5) is 29.6. The summed E-state index contributed by atoms with van der Waals surface area (Å²) in [5, 5.41) is 3.23. The molecule has 0 radical (unpaired) electrons. The molecule has 3 aromatic rings. The number of carbonyl (C=O) groups excluding carboxylic acids is 1. The van der Waals surface area contributed by atoms with E-state index in [9.17, 15) is 18.0 Å². The topological polar surface area (TPSA) is 115 Å². The molecule has 30 heavy (non-hydrogen) atoms. The molecule has 3 N–H and O–H groups in total. The molecule has 1 atom stereocenters. The predicted octanol–water partition coefficient (Wildman–Crippen LogP) is 2.37. The molecule has 1 amide bonds. The number of amides is 1. The maximum Gasteiger partial charge on any atom is 0.323 e. The van der Waals surface area contributed by atoms with Gasteiger partial charge in [0.2, 0.25) is 15.9 Å². The van der Waals surface area contributed by atoms with E-state index in [4.69, 9.17) is 11.6 Å². The first-order valence-corrected chi connectivity index (χ1v) is 11.4.